The number of para-hydroxylation sites is 1. The molecule has 1 aromatic heterocycles. The molecule has 6 heteroatoms. The molecule has 0 saturated carbocycles. The van der Waals surface area contributed by atoms with Gasteiger partial charge >= 0.3 is 5.97 Å². The molecule has 1 aromatic carbocycles. The van der Waals surface area contributed by atoms with Crippen molar-refractivity contribution < 1.29 is 18.7 Å². The van der Waals surface area contributed by atoms with E-state index in [-0.39, 0.29) is 18.3 Å². The van der Waals surface area contributed by atoms with Crippen molar-refractivity contribution in [1.29, 1.82) is 0 Å². The first kappa shape index (κ1) is 12.7. The molecule has 1 aliphatic heterocycles. The van der Waals surface area contributed by atoms with Crippen LogP contribution >= 0.6 is 0 Å². The molecule has 1 aliphatic rings. The molecule has 20 heavy (non-hydrogen) atoms. The fourth-order valence-electron chi connectivity index (χ4n) is 2.53. The highest BCUT2D eigenvalue weighted by Crippen LogP contribution is 2.31. The highest BCUT2D eigenvalue weighted by molar-refractivity contribution is 6.04. The van der Waals surface area contributed by atoms with Crippen molar-refractivity contribution in [2.24, 2.45) is 5.92 Å². The van der Waals surface area contributed by atoms with Crippen LogP contribution in [-0.4, -0.2) is 30.5 Å². The number of amides is 1. The van der Waals surface area contributed by atoms with Crippen molar-refractivity contribution in [3.8, 4) is 0 Å². The zero-order valence-electron chi connectivity index (χ0n) is 11.3. The Hall–Kier alpha value is -2.37. The molecule has 0 radical (unpaired) electrons. The summed E-state index contributed by atoms with van der Waals surface area (Å²) in [4.78, 5) is 29.6. The number of aryl methyl sites for hydroxylation is 1. The quantitative estimate of drug-likeness (QED) is 0.779. The number of hydrogen-bond donors (Lipinski definition) is 0. The van der Waals surface area contributed by atoms with Gasteiger partial charge in [0.25, 0.3) is 0 Å². The summed E-state index contributed by atoms with van der Waals surface area (Å²) in [6, 6.07) is 5.42. The number of rotatable bonds is 2. The molecular formula is C14H14N2O4. The normalized spacial score (nSPS) is 18.8. The molecule has 1 saturated heterocycles. The maximum Gasteiger partial charge on any atom is 0.311 e. The Kier molecular flexibility index (Phi) is 2.93. The Bertz CT molecular complexity index is 692. The first-order chi connectivity index (χ1) is 9.60. The molecule has 1 fully saturated rings. The number of methoxy groups -OCH3 is 1. The van der Waals surface area contributed by atoms with Crippen molar-refractivity contribution >= 4 is 28.7 Å². The first-order valence-corrected chi connectivity index (χ1v) is 6.34. The van der Waals surface area contributed by atoms with Crippen LogP contribution in [0.25, 0.3) is 11.1 Å². The second-order valence-corrected chi connectivity index (χ2v) is 4.79. The third-order valence-electron chi connectivity index (χ3n) is 3.45. The molecule has 0 bridgehead atoms. The van der Waals surface area contributed by atoms with Gasteiger partial charge in [0.2, 0.25) is 5.91 Å². The second kappa shape index (κ2) is 4.63. The minimum absolute atomic E-state index is 0.103. The number of hydrogen-bond acceptors (Lipinski definition) is 5. The Morgan fingerprint density at radius 2 is 2.30 bits per heavy atom. The highest BCUT2D eigenvalue weighted by Gasteiger charge is 2.36. The molecular weight excluding hydrogens is 260 g/mol. The van der Waals surface area contributed by atoms with Crippen molar-refractivity contribution in [2.45, 2.75) is 13.3 Å². The van der Waals surface area contributed by atoms with Gasteiger partial charge in [0.15, 0.2) is 11.5 Å². The third-order valence-corrected chi connectivity index (χ3v) is 3.45. The van der Waals surface area contributed by atoms with Gasteiger partial charge in [-0.25, -0.2) is 4.98 Å². The predicted octanol–water partition coefficient (Wildman–Crippen LogP) is 1.66. The lowest BCUT2D eigenvalue weighted by atomic mass is 10.1. The number of carbonyl (C=O) groups excluding carboxylic acids is 2. The van der Waals surface area contributed by atoms with Crippen molar-refractivity contribution in [3.63, 3.8) is 0 Å². The van der Waals surface area contributed by atoms with Gasteiger partial charge in [-0.15, -0.1) is 0 Å². The number of anilines is 1. The van der Waals surface area contributed by atoms with Crippen molar-refractivity contribution in [3.05, 3.63) is 24.1 Å². The number of fused-ring (bicyclic) bond motifs is 1. The standard InChI is InChI=1S/C14H14N2O4/c1-8-15-13-10(4-3-5-11(13)20-8)16-7-9(6-12(16)17)14(18)19-2/h3-5,9H,6-7H2,1-2H3. The monoisotopic (exact) mass is 274 g/mol. The molecule has 0 aliphatic carbocycles. The van der Waals surface area contributed by atoms with Gasteiger partial charge in [-0.05, 0) is 12.1 Å². The van der Waals surface area contributed by atoms with Crippen LogP contribution in [0.4, 0.5) is 5.69 Å². The second-order valence-electron chi connectivity index (χ2n) is 4.79. The molecule has 3 rings (SSSR count). The van der Waals surface area contributed by atoms with E-state index in [0.29, 0.717) is 29.2 Å². The number of esters is 1. The number of carbonyl (C=O) groups is 2. The minimum atomic E-state index is -0.421. The van der Waals surface area contributed by atoms with Crippen LogP contribution in [0.1, 0.15) is 12.3 Å². The highest BCUT2D eigenvalue weighted by atomic mass is 16.5. The van der Waals surface area contributed by atoms with E-state index in [1.807, 2.05) is 6.07 Å². The summed E-state index contributed by atoms with van der Waals surface area (Å²) in [7, 11) is 1.33. The summed E-state index contributed by atoms with van der Waals surface area (Å²) in [5.41, 5.74) is 1.95. The lowest BCUT2D eigenvalue weighted by Gasteiger charge is -2.16. The van der Waals surface area contributed by atoms with E-state index in [1.54, 1.807) is 24.0 Å². The molecule has 104 valence electrons. The zero-order chi connectivity index (χ0) is 14.3. The molecule has 1 atom stereocenters. The Morgan fingerprint density at radius 3 is 3.05 bits per heavy atom. The average molecular weight is 274 g/mol. The van der Waals surface area contributed by atoms with E-state index in [0.717, 1.165) is 0 Å². The van der Waals surface area contributed by atoms with Crippen LogP contribution in [0.2, 0.25) is 0 Å². The molecule has 6 nitrogen and oxygen atoms in total. The summed E-state index contributed by atoms with van der Waals surface area (Å²) in [5.74, 6) is -0.336. The number of aromatic nitrogens is 1. The number of benzene rings is 1. The van der Waals surface area contributed by atoms with E-state index in [9.17, 15) is 9.59 Å². The van der Waals surface area contributed by atoms with E-state index in [2.05, 4.69) is 4.98 Å². The summed E-state index contributed by atoms with van der Waals surface area (Å²) < 4.78 is 10.2. The van der Waals surface area contributed by atoms with E-state index >= 15 is 0 Å². The van der Waals surface area contributed by atoms with Crippen LogP contribution in [0, 0.1) is 12.8 Å². The zero-order valence-corrected chi connectivity index (χ0v) is 11.3. The Morgan fingerprint density at radius 1 is 1.50 bits per heavy atom. The Labute approximate surface area is 115 Å². The fraction of sp³-hybridized carbons (Fsp3) is 0.357. The van der Waals surface area contributed by atoms with E-state index in [1.165, 1.54) is 7.11 Å². The lowest BCUT2D eigenvalue weighted by Crippen LogP contribution is -2.26. The molecule has 1 amide bonds. The average Bonchev–Trinajstić information content (AvgIpc) is 2.99. The summed E-state index contributed by atoms with van der Waals surface area (Å²) >= 11 is 0. The minimum Gasteiger partial charge on any atom is -0.469 e. The molecule has 0 spiro atoms. The smallest absolute Gasteiger partial charge is 0.311 e. The maximum atomic E-state index is 12.1. The van der Waals surface area contributed by atoms with Crippen LogP contribution in [0.3, 0.4) is 0 Å². The van der Waals surface area contributed by atoms with Crippen LogP contribution in [0.5, 0.6) is 0 Å². The number of oxazole rings is 1. The van der Waals surface area contributed by atoms with Crippen molar-refractivity contribution in [1.82, 2.24) is 4.98 Å². The van der Waals surface area contributed by atoms with E-state index < -0.39 is 5.92 Å². The molecule has 0 N–H and O–H groups in total. The SMILES string of the molecule is COC(=O)C1CC(=O)N(c2cccc3oc(C)nc23)C1. The van der Waals surface area contributed by atoms with Gasteiger partial charge < -0.3 is 14.1 Å². The first-order valence-electron chi connectivity index (χ1n) is 6.34. The van der Waals surface area contributed by atoms with Gasteiger partial charge in [0, 0.05) is 19.9 Å². The maximum absolute atomic E-state index is 12.1. The molecule has 2 aromatic rings. The number of ether oxygens (including phenoxy) is 1. The van der Waals surface area contributed by atoms with E-state index in [4.69, 9.17) is 9.15 Å². The van der Waals surface area contributed by atoms with Gasteiger partial charge in [0.05, 0.1) is 18.7 Å². The lowest BCUT2D eigenvalue weighted by molar-refractivity contribution is -0.145. The van der Waals surface area contributed by atoms with Crippen LogP contribution in [0.15, 0.2) is 22.6 Å². The molecule has 2 heterocycles. The summed E-state index contributed by atoms with van der Waals surface area (Å²) in [5, 5.41) is 0. The van der Waals surface area contributed by atoms with Gasteiger partial charge in [-0.3, -0.25) is 9.59 Å². The van der Waals surface area contributed by atoms with Crippen molar-refractivity contribution in [2.75, 3.05) is 18.6 Å². The summed E-state index contributed by atoms with van der Waals surface area (Å²) in [6.45, 7) is 2.07. The third kappa shape index (κ3) is 1.93. The van der Waals surface area contributed by atoms with Gasteiger partial charge in [0.1, 0.15) is 5.52 Å². The predicted molar refractivity (Wildman–Crippen MR) is 71.2 cm³/mol. The number of nitrogens with zero attached hydrogens (tertiary/aromatic N) is 2. The van der Waals surface area contributed by atoms with Gasteiger partial charge in [-0.1, -0.05) is 6.07 Å². The largest absolute Gasteiger partial charge is 0.469 e. The van der Waals surface area contributed by atoms with Crippen LogP contribution < -0.4 is 4.90 Å². The van der Waals surface area contributed by atoms with Crippen LogP contribution in [-0.2, 0) is 14.3 Å². The summed E-state index contributed by atoms with van der Waals surface area (Å²) in [6.07, 6.45) is 0.167. The topological polar surface area (TPSA) is 72.6 Å². The fourth-order valence-corrected chi connectivity index (χ4v) is 2.53. The van der Waals surface area contributed by atoms with Gasteiger partial charge in [-0.2, -0.15) is 0 Å². The Balaban J connectivity index is 1.99. The molecule has 1 unspecified atom stereocenters.